The summed E-state index contributed by atoms with van der Waals surface area (Å²) in [6, 6.07) is 4.95. The Balaban J connectivity index is 2.70. The van der Waals surface area contributed by atoms with E-state index in [1.165, 1.54) is 0 Å². The fraction of sp³-hybridized carbons (Fsp3) is 0.333. The maximum absolute atomic E-state index is 8.97. The SMILES string of the molecule is CC(O)COc1cc(Cl)ccc1Cl. The van der Waals surface area contributed by atoms with Crippen molar-refractivity contribution in [3.05, 3.63) is 28.2 Å². The van der Waals surface area contributed by atoms with Crippen LogP contribution in [0, 0.1) is 0 Å². The van der Waals surface area contributed by atoms with E-state index < -0.39 is 6.10 Å². The van der Waals surface area contributed by atoms with Crippen molar-refractivity contribution >= 4 is 23.2 Å². The first-order valence-corrected chi connectivity index (χ1v) is 4.61. The second-order valence-corrected chi connectivity index (χ2v) is 3.58. The molecule has 1 rings (SSSR count). The van der Waals surface area contributed by atoms with Crippen molar-refractivity contribution in [3.63, 3.8) is 0 Å². The second-order valence-electron chi connectivity index (χ2n) is 2.73. The van der Waals surface area contributed by atoms with Crippen LogP contribution in [0.5, 0.6) is 5.75 Å². The predicted octanol–water partition coefficient (Wildman–Crippen LogP) is 2.75. The standard InChI is InChI=1S/C9H10Cl2O2/c1-6(12)5-13-9-4-7(10)2-3-8(9)11/h2-4,6,12H,5H2,1H3. The molecule has 0 bridgehead atoms. The second kappa shape index (κ2) is 4.70. The minimum Gasteiger partial charge on any atom is -0.489 e. The Hall–Kier alpha value is -0.440. The van der Waals surface area contributed by atoms with E-state index in [9.17, 15) is 0 Å². The summed E-state index contributed by atoms with van der Waals surface area (Å²) in [6.07, 6.45) is -0.518. The minimum absolute atomic E-state index is 0.208. The molecule has 0 saturated carbocycles. The minimum atomic E-state index is -0.518. The van der Waals surface area contributed by atoms with Crippen LogP contribution in [0.2, 0.25) is 10.0 Å². The summed E-state index contributed by atoms with van der Waals surface area (Å²) in [7, 11) is 0. The molecule has 1 aromatic carbocycles. The Morgan fingerprint density at radius 2 is 2.15 bits per heavy atom. The maximum atomic E-state index is 8.97. The molecule has 0 spiro atoms. The van der Waals surface area contributed by atoms with E-state index in [-0.39, 0.29) is 6.61 Å². The molecule has 1 aromatic rings. The number of aliphatic hydroxyl groups excluding tert-OH is 1. The van der Waals surface area contributed by atoms with E-state index in [0.29, 0.717) is 15.8 Å². The van der Waals surface area contributed by atoms with Crippen LogP contribution >= 0.6 is 23.2 Å². The van der Waals surface area contributed by atoms with E-state index >= 15 is 0 Å². The molecule has 0 aliphatic carbocycles. The largest absolute Gasteiger partial charge is 0.489 e. The van der Waals surface area contributed by atoms with Gasteiger partial charge in [-0.15, -0.1) is 0 Å². The molecule has 0 radical (unpaired) electrons. The van der Waals surface area contributed by atoms with Crippen molar-refractivity contribution in [3.8, 4) is 5.75 Å². The van der Waals surface area contributed by atoms with Gasteiger partial charge >= 0.3 is 0 Å². The van der Waals surface area contributed by atoms with Gasteiger partial charge in [0, 0.05) is 11.1 Å². The van der Waals surface area contributed by atoms with Crippen LogP contribution < -0.4 is 4.74 Å². The number of ether oxygens (including phenoxy) is 1. The highest BCUT2D eigenvalue weighted by Gasteiger charge is 2.03. The van der Waals surface area contributed by atoms with E-state index in [1.807, 2.05) is 0 Å². The van der Waals surface area contributed by atoms with Gasteiger partial charge in [0.2, 0.25) is 0 Å². The molecule has 0 aliphatic rings. The summed E-state index contributed by atoms with van der Waals surface area (Å²) in [4.78, 5) is 0. The zero-order valence-corrected chi connectivity index (χ0v) is 8.64. The summed E-state index contributed by atoms with van der Waals surface area (Å²) in [5.74, 6) is 0.495. The van der Waals surface area contributed by atoms with Gasteiger partial charge in [-0.05, 0) is 19.1 Å². The van der Waals surface area contributed by atoms with Crippen LogP contribution in [0.4, 0.5) is 0 Å². The smallest absolute Gasteiger partial charge is 0.139 e. The maximum Gasteiger partial charge on any atom is 0.139 e. The van der Waals surface area contributed by atoms with Crippen molar-refractivity contribution in [2.75, 3.05) is 6.61 Å². The Bertz CT molecular complexity index is 287. The zero-order chi connectivity index (χ0) is 9.84. The Morgan fingerprint density at radius 3 is 2.77 bits per heavy atom. The highest BCUT2D eigenvalue weighted by atomic mass is 35.5. The van der Waals surface area contributed by atoms with Crippen molar-refractivity contribution in [2.45, 2.75) is 13.0 Å². The fourth-order valence-corrected chi connectivity index (χ4v) is 1.13. The fourth-order valence-electron chi connectivity index (χ4n) is 0.798. The molecule has 0 fully saturated rings. The highest BCUT2D eigenvalue weighted by molar-refractivity contribution is 6.34. The molecule has 0 aromatic heterocycles. The van der Waals surface area contributed by atoms with Crippen LogP contribution in [0.1, 0.15) is 6.92 Å². The Labute approximate surface area is 87.0 Å². The first-order valence-electron chi connectivity index (χ1n) is 3.85. The first-order chi connectivity index (χ1) is 6.09. The molecule has 0 amide bonds. The Morgan fingerprint density at radius 1 is 1.46 bits per heavy atom. The molecular weight excluding hydrogens is 211 g/mol. The highest BCUT2D eigenvalue weighted by Crippen LogP contribution is 2.27. The van der Waals surface area contributed by atoms with Gasteiger partial charge in [-0.1, -0.05) is 23.2 Å². The number of rotatable bonds is 3. The molecule has 1 unspecified atom stereocenters. The number of benzene rings is 1. The predicted molar refractivity (Wildman–Crippen MR) is 53.6 cm³/mol. The molecule has 1 atom stereocenters. The van der Waals surface area contributed by atoms with Crippen molar-refractivity contribution < 1.29 is 9.84 Å². The third kappa shape index (κ3) is 3.43. The molecule has 0 aliphatic heterocycles. The van der Waals surface area contributed by atoms with E-state index in [2.05, 4.69) is 0 Å². The summed E-state index contributed by atoms with van der Waals surface area (Å²) in [5, 5.41) is 10.0. The topological polar surface area (TPSA) is 29.5 Å². The van der Waals surface area contributed by atoms with Crippen LogP contribution in [-0.4, -0.2) is 17.8 Å². The van der Waals surface area contributed by atoms with Gasteiger partial charge in [0.25, 0.3) is 0 Å². The zero-order valence-electron chi connectivity index (χ0n) is 7.13. The molecule has 0 saturated heterocycles. The van der Waals surface area contributed by atoms with Gasteiger partial charge in [-0.2, -0.15) is 0 Å². The molecule has 13 heavy (non-hydrogen) atoms. The lowest BCUT2D eigenvalue weighted by Gasteiger charge is -2.09. The quantitative estimate of drug-likeness (QED) is 0.850. The number of aliphatic hydroxyl groups is 1. The lowest BCUT2D eigenvalue weighted by Crippen LogP contribution is -2.12. The van der Waals surface area contributed by atoms with Gasteiger partial charge in [0.1, 0.15) is 12.4 Å². The molecule has 2 nitrogen and oxygen atoms in total. The number of hydrogen-bond donors (Lipinski definition) is 1. The lowest BCUT2D eigenvalue weighted by molar-refractivity contribution is 0.123. The van der Waals surface area contributed by atoms with Crippen LogP contribution in [0.15, 0.2) is 18.2 Å². The normalized spacial score (nSPS) is 12.6. The van der Waals surface area contributed by atoms with Crippen molar-refractivity contribution in [1.82, 2.24) is 0 Å². The van der Waals surface area contributed by atoms with Crippen LogP contribution in [0.3, 0.4) is 0 Å². The molecule has 0 heterocycles. The van der Waals surface area contributed by atoms with Gasteiger partial charge < -0.3 is 9.84 Å². The van der Waals surface area contributed by atoms with Gasteiger partial charge in [0.05, 0.1) is 11.1 Å². The average Bonchev–Trinajstić information content (AvgIpc) is 2.06. The molecular formula is C9H10Cl2O2. The summed E-state index contributed by atoms with van der Waals surface area (Å²) in [6.45, 7) is 1.85. The summed E-state index contributed by atoms with van der Waals surface area (Å²) >= 11 is 11.5. The lowest BCUT2D eigenvalue weighted by atomic mass is 10.3. The van der Waals surface area contributed by atoms with E-state index in [0.717, 1.165) is 0 Å². The summed E-state index contributed by atoms with van der Waals surface area (Å²) < 4.78 is 5.21. The number of hydrogen-bond acceptors (Lipinski definition) is 2. The number of halogens is 2. The van der Waals surface area contributed by atoms with Crippen LogP contribution in [-0.2, 0) is 0 Å². The third-order valence-electron chi connectivity index (χ3n) is 1.37. The molecule has 4 heteroatoms. The van der Waals surface area contributed by atoms with Crippen LogP contribution in [0.25, 0.3) is 0 Å². The van der Waals surface area contributed by atoms with Gasteiger partial charge in [-0.3, -0.25) is 0 Å². The molecule has 72 valence electrons. The van der Waals surface area contributed by atoms with Crippen molar-refractivity contribution in [2.24, 2.45) is 0 Å². The van der Waals surface area contributed by atoms with E-state index in [1.54, 1.807) is 25.1 Å². The average molecular weight is 221 g/mol. The molecule has 1 N–H and O–H groups in total. The van der Waals surface area contributed by atoms with Gasteiger partial charge in [-0.25, -0.2) is 0 Å². The summed E-state index contributed by atoms with van der Waals surface area (Å²) in [5.41, 5.74) is 0. The monoisotopic (exact) mass is 220 g/mol. The van der Waals surface area contributed by atoms with Crippen molar-refractivity contribution in [1.29, 1.82) is 0 Å². The van der Waals surface area contributed by atoms with E-state index in [4.69, 9.17) is 33.0 Å². The van der Waals surface area contributed by atoms with Gasteiger partial charge in [0.15, 0.2) is 0 Å². The third-order valence-corrected chi connectivity index (χ3v) is 1.92. The Kier molecular flexibility index (Phi) is 3.85. The first kappa shape index (κ1) is 10.6.